The van der Waals surface area contributed by atoms with Crippen molar-refractivity contribution >= 4 is 11.6 Å². The first kappa shape index (κ1) is 19.2. The van der Waals surface area contributed by atoms with E-state index in [2.05, 4.69) is 11.6 Å². The third-order valence-electron chi connectivity index (χ3n) is 1.70. The maximum Gasteiger partial charge on any atom is 0.462 e. The third-order valence-corrected chi connectivity index (χ3v) is 1.95. The van der Waals surface area contributed by atoms with E-state index in [9.17, 15) is 48.3 Å². The molecular formula is C7H2ClF11O. The lowest BCUT2D eigenvalue weighted by molar-refractivity contribution is -0.474. The first-order valence-corrected chi connectivity index (χ1v) is 4.41. The van der Waals surface area contributed by atoms with Crippen LogP contribution in [-0.4, -0.2) is 30.2 Å². The van der Waals surface area contributed by atoms with Gasteiger partial charge < -0.3 is 0 Å². The van der Waals surface area contributed by atoms with Gasteiger partial charge in [-0.3, -0.25) is 4.74 Å². The summed E-state index contributed by atoms with van der Waals surface area (Å²) in [6.07, 6.45) is -20.4. The Morgan fingerprint density at radius 1 is 0.750 bits per heavy atom. The number of halogens is 12. The Hall–Kier alpha value is -0.780. The minimum atomic E-state index is -7.10. The Labute approximate surface area is 107 Å². The molecule has 0 aliphatic carbocycles. The van der Waals surface area contributed by atoms with Gasteiger partial charge in [-0.1, -0.05) is 18.2 Å². The molecule has 0 aromatic carbocycles. The van der Waals surface area contributed by atoms with Crippen LogP contribution in [0.5, 0.6) is 0 Å². The van der Waals surface area contributed by atoms with Gasteiger partial charge in [0.2, 0.25) is 0 Å². The van der Waals surface area contributed by atoms with Crippen molar-refractivity contribution in [2.75, 3.05) is 0 Å². The van der Waals surface area contributed by atoms with E-state index in [4.69, 9.17) is 0 Å². The van der Waals surface area contributed by atoms with Gasteiger partial charge in [-0.25, -0.2) is 0 Å². The Morgan fingerprint density at radius 3 is 1.30 bits per heavy atom. The van der Waals surface area contributed by atoms with Crippen molar-refractivity contribution in [1.82, 2.24) is 0 Å². The zero-order chi connectivity index (χ0) is 16.8. The van der Waals surface area contributed by atoms with Crippen molar-refractivity contribution < 1.29 is 53.0 Å². The van der Waals surface area contributed by atoms with E-state index in [-0.39, 0.29) is 0 Å². The quantitative estimate of drug-likeness (QED) is 0.666. The van der Waals surface area contributed by atoms with Crippen molar-refractivity contribution in [2.45, 2.75) is 30.2 Å². The van der Waals surface area contributed by atoms with Gasteiger partial charge in [0, 0.05) is 0 Å². The fraction of sp³-hybridized carbons (Fsp3) is 0.714. The van der Waals surface area contributed by atoms with Gasteiger partial charge in [-0.2, -0.15) is 48.3 Å². The molecule has 0 aliphatic rings. The smallest absolute Gasteiger partial charge is 0.265 e. The molecule has 0 spiro atoms. The van der Waals surface area contributed by atoms with Crippen LogP contribution in [0.3, 0.4) is 0 Å². The van der Waals surface area contributed by atoms with Gasteiger partial charge >= 0.3 is 30.2 Å². The molecule has 0 fully saturated rings. The molecule has 13 heteroatoms. The van der Waals surface area contributed by atoms with Gasteiger partial charge in [0.15, 0.2) is 0 Å². The summed E-state index contributed by atoms with van der Waals surface area (Å²) >= 11 is 4.37. The molecule has 120 valence electrons. The van der Waals surface area contributed by atoms with Gasteiger partial charge in [-0.05, 0) is 0 Å². The highest BCUT2D eigenvalue weighted by Gasteiger charge is 2.78. The van der Waals surface area contributed by atoms with Crippen LogP contribution >= 0.6 is 11.6 Å². The molecule has 0 unspecified atom stereocenters. The standard InChI is InChI=1S/C7H2ClF11O/c1-2(8)3(9,5(12,13)14)20-7(18,19)4(10,11)6(15,16)17/h1H2/t3-/m1/s1. The molecule has 0 saturated heterocycles. The van der Waals surface area contributed by atoms with E-state index < -0.39 is 35.3 Å². The molecule has 0 radical (unpaired) electrons. The Kier molecular flexibility index (Phi) is 4.70. The number of rotatable bonds is 4. The van der Waals surface area contributed by atoms with Crippen molar-refractivity contribution in [3.05, 3.63) is 11.6 Å². The molecule has 0 bridgehead atoms. The molecule has 0 aromatic rings. The first-order chi connectivity index (χ1) is 8.40. The van der Waals surface area contributed by atoms with Crippen LogP contribution in [0, 0.1) is 0 Å². The molecule has 0 aromatic heterocycles. The zero-order valence-corrected chi connectivity index (χ0v) is 9.41. The summed E-state index contributed by atoms with van der Waals surface area (Å²) in [5, 5.41) is -2.41. The summed E-state index contributed by atoms with van der Waals surface area (Å²) in [5.41, 5.74) is 0. The second kappa shape index (κ2) is 4.90. The second-order valence-electron chi connectivity index (χ2n) is 3.19. The molecule has 1 atom stereocenters. The van der Waals surface area contributed by atoms with Gasteiger partial charge in [0.25, 0.3) is 0 Å². The lowest BCUT2D eigenvalue weighted by Crippen LogP contribution is -2.59. The third kappa shape index (κ3) is 3.10. The molecule has 0 amide bonds. The average Bonchev–Trinajstić information content (AvgIpc) is 2.12. The summed E-state index contributed by atoms with van der Waals surface area (Å²) in [4.78, 5) is 0. The zero-order valence-electron chi connectivity index (χ0n) is 8.65. The Bertz CT molecular complexity index is 383. The van der Waals surface area contributed by atoms with Crippen molar-refractivity contribution in [2.24, 2.45) is 0 Å². The SMILES string of the molecule is C=C(Cl)[C@@](F)(OC(F)(F)C(F)(F)C(F)(F)F)C(F)(F)F. The topological polar surface area (TPSA) is 9.23 Å². The molecule has 0 aliphatic heterocycles. The predicted molar refractivity (Wildman–Crippen MR) is 41.9 cm³/mol. The summed E-state index contributed by atoms with van der Waals surface area (Å²) < 4.78 is 136. The van der Waals surface area contributed by atoms with Crippen LogP contribution in [-0.2, 0) is 4.74 Å². The maximum atomic E-state index is 13.1. The van der Waals surface area contributed by atoms with Crippen LogP contribution < -0.4 is 0 Å². The molecule has 0 heterocycles. The monoisotopic (exact) mass is 346 g/mol. The summed E-state index contributed by atoms with van der Waals surface area (Å²) in [5.74, 6) is -12.9. The van der Waals surface area contributed by atoms with Crippen LogP contribution in [0.2, 0.25) is 0 Å². The minimum Gasteiger partial charge on any atom is -0.265 e. The average molecular weight is 347 g/mol. The fourth-order valence-corrected chi connectivity index (χ4v) is 0.818. The maximum absolute atomic E-state index is 13.1. The highest BCUT2D eigenvalue weighted by atomic mass is 35.5. The largest absolute Gasteiger partial charge is 0.462 e. The highest BCUT2D eigenvalue weighted by Crippen LogP contribution is 2.52. The summed E-state index contributed by atoms with van der Waals surface area (Å²) in [7, 11) is 0. The fourth-order valence-electron chi connectivity index (χ4n) is 0.673. The van der Waals surface area contributed by atoms with Crippen LogP contribution in [0.15, 0.2) is 11.6 Å². The normalized spacial score (nSPS) is 17.8. The number of ether oxygens (including phenoxy) is 1. The first-order valence-electron chi connectivity index (χ1n) is 4.03. The van der Waals surface area contributed by atoms with Crippen LogP contribution in [0.1, 0.15) is 0 Å². The molecular weight excluding hydrogens is 345 g/mol. The van der Waals surface area contributed by atoms with Crippen LogP contribution in [0.25, 0.3) is 0 Å². The number of hydrogen-bond donors (Lipinski definition) is 0. The van der Waals surface area contributed by atoms with Crippen molar-refractivity contribution in [3.8, 4) is 0 Å². The second-order valence-corrected chi connectivity index (χ2v) is 3.65. The Morgan fingerprint density at radius 2 is 1.10 bits per heavy atom. The number of alkyl halides is 11. The van der Waals surface area contributed by atoms with Gasteiger partial charge in [0.1, 0.15) is 0 Å². The van der Waals surface area contributed by atoms with E-state index >= 15 is 0 Å². The highest BCUT2D eigenvalue weighted by molar-refractivity contribution is 6.30. The molecule has 0 rings (SSSR count). The number of hydrogen-bond acceptors (Lipinski definition) is 1. The summed E-state index contributed by atoms with van der Waals surface area (Å²) in [6, 6.07) is 0. The Balaban J connectivity index is 5.73. The lowest BCUT2D eigenvalue weighted by atomic mass is 10.2. The van der Waals surface area contributed by atoms with E-state index in [1.165, 1.54) is 0 Å². The van der Waals surface area contributed by atoms with E-state index in [1.54, 1.807) is 0 Å². The molecule has 1 nitrogen and oxygen atoms in total. The summed E-state index contributed by atoms with van der Waals surface area (Å²) in [6.45, 7) is 2.01. The van der Waals surface area contributed by atoms with E-state index in [1.807, 2.05) is 11.3 Å². The predicted octanol–water partition coefficient (Wildman–Crippen LogP) is 4.77. The minimum absolute atomic E-state index is 2.01. The molecule has 20 heavy (non-hydrogen) atoms. The van der Waals surface area contributed by atoms with Gasteiger partial charge in [0.05, 0.1) is 5.03 Å². The van der Waals surface area contributed by atoms with E-state index in [0.29, 0.717) is 0 Å². The lowest BCUT2D eigenvalue weighted by Gasteiger charge is -2.34. The van der Waals surface area contributed by atoms with Gasteiger partial charge in [-0.15, -0.1) is 0 Å². The molecule has 0 saturated carbocycles. The van der Waals surface area contributed by atoms with Crippen LogP contribution in [0.4, 0.5) is 48.3 Å². The molecule has 0 N–H and O–H groups in total. The van der Waals surface area contributed by atoms with Crippen molar-refractivity contribution in [3.63, 3.8) is 0 Å². The van der Waals surface area contributed by atoms with E-state index in [0.717, 1.165) is 0 Å². The van der Waals surface area contributed by atoms with Crippen molar-refractivity contribution in [1.29, 1.82) is 0 Å².